The predicted octanol–water partition coefficient (Wildman–Crippen LogP) is 5.62. The van der Waals surface area contributed by atoms with Gasteiger partial charge in [-0.2, -0.15) is 0 Å². The van der Waals surface area contributed by atoms with E-state index < -0.39 is 28.5 Å². The summed E-state index contributed by atoms with van der Waals surface area (Å²) in [5.41, 5.74) is 1.10. The quantitative estimate of drug-likeness (QED) is 0.233. The highest BCUT2D eigenvalue weighted by molar-refractivity contribution is 7.92. The van der Waals surface area contributed by atoms with E-state index in [0.717, 1.165) is 9.87 Å². The number of hydrogen-bond acceptors (Lipinski definition) is 5. The minimum absolute atomic E-state index is 0.0441. The van der Waals surface area contributed by atoms with Crippen LogP contribution in [0.15, 0.2) is 120 Å². The number of para-hydroxylation sites is 1. The van der Waals surface area contributed by atoms with Crippen molar-refractivity contribution in [2.75, 3.05) is 10.8 Å². The topological polar surface area (TPSA) is 96.0 Å². The van der Waals surface area contributed by atoms with Crippen molar-refractivity contribution in [2.45, 2.75) is 44.3 Å². The third-order valence-electron chi connectivity index (χ3n) is 6.51. The molecule has 0 heterocycles. The maximum Gasteiger partial charge on any atom is 0.264 e. The standard InChI is InChI=1S/C33H35N3O5S/c1-25(2)34-33(38)26(3)35(23-27-13-7-4-8-14-27)32(37)24-36(42(39,40)31-17-11-6-12-18-31)28-19-21-30(22-20-28)41-29-15-9-5-10-16-29/h4-22,25-26H,23-24H2,1-3H3,(H,34,38)/t26-/m0/s1. The van der Waals surface area contributed by atoms with Gasteiger partial charge in [-0.25, -0.2) is 8.42 Å². The van der Waals surface area contributed by atoms with E-state index in [0.29, 0.717) is 11.5 Å². The molecule has 0 aromatic heterocycles. The number of hydrogen-bond donors (Lipinski definition) is 1. The predicted molar refractivity (Wildman–Crippen MR) is 164 cm³/mol. The molecular weight excluding hydrogens is 550 g/mol. The number of ether oxygens (including phenoxy) is 1. The molecule has 0 aliphatic rings. The van der Waals surface area contributed by atoms with Crippen molar-refractivity contribution in [3.8, 4) is 11.5 Å². The summed E-state index contributed by atoms with van der Waals surface area (Å²) in [4.78, 5) is 28.4. The van der Waals surface area contributed by atoms with Crippen molar-refractivity contribution >= 4 is 27.5 Å². The molecular formula is C33H35N3O5S. The number of rotatable bonds is 12. The first-order chi connectivity index (χ1) is 20.1. The van der Waals surface area contributed by atoms with Gasteiger partial charge in [0.15, 0.2) is 0 Å². The van der Waals surface area contributed by atoms with Crippen molar-refractivity contribution in [2.24, 2.45) is 0 Å². The Kier molecular flexibility index (Phi) is 9.98. The average Bonchev–Trinajstić information content (AvgIpc) is 3.00. The van der Waals surface area contributed by atoms with Crippen LogP contribution >= 0.6 is 0 Å². The summed E-state index contributed by atoms with van der Waals surface area (Å²) < 4.78 is 34.8. The maximum absolute atomic E-state index is 14.0. The summed E-state index contributed by atoms with van der Waals surface area (Å²) in [5.74, 6) is 0.306. The van der Waals surface area contributed by atoms with Crippen LogP contribution in [0.2, 0.25) is 0 Å². The van der Waals surface area contributed by atoms with Crippen molar-refractivity contribution in [3.05, 3.63) is 121 Å². The Bertz CT molecular complexity index is 1560. The van der Waals surface area contributed by atoms with E-state index in [1.807, 2.05) is 74.5 Å². The van der Waals surface area contributed by atoms with E-state index in [-0.39, 0.29) is 29.1 Å². The highest BCUT2D eigenvalue weighted by Crippen LogP contribution is 2.28. The van der Waals surface area contributed by atoms with Gasteiger partial charge < -0.3 is 15.0 Å². The van der Waals surface area contributed by atoms with Gasteiger partial charge in [-0.3, -0.25) is 13.9 Å². The first-order valence-electron chi connectivity index (χ1n) is 13.7. The fourth-order valence-corrected chi connectivity index (χ4v) is 5.76. The van der Waals surface area contributed by atoms with Crippen LogP contribution in [0.3, 0.4) is 0 Å². The van der Waals surface area contributed by atoms with E-state index in [2.05, 4.69) is 5.32 Å². The number of amides is 2. The van der Waals surface area contributed by atoms with Crippen LogP contribution in [0.4, 0.5) is 5.69 Å². The van der Waals surface area contributed by atoms with Crippen LogP contribution in [-0.4, -0.2) is 43.8 Å². The maximum atomic E-state index is 14.0. The second-order valence-corrected chi connectivity index (χ2v) is 11.9. The van der Waals surface area contributed by atoms with E-state index >= 15 is 0 Å². The molecule has 9 heteroatoms. The second-order valence-electron chi connectivity index (χ2n) is 10.1. The molecule has 218 valence electrons. The highest BCUT2D eigenvalue weighted by Gasteiger charge is 2.32. The molecule has 0 unspecified atom stereocenters. The average molecular weight is 586 g/mol. The van der Waals surface area contributed by atoms with E-state index in [4.69, 9.17) is 4.74 Å². The van der Waals surface area contributed by atoms with Crippen LogP contribution in [0, 0.1) is 0 Å². The molecule has 0 aliphatic heterocycles. The largest absolute Gasteiger partial charge is 0.457 e. The van der Waals surface area contributed by atoms with Crippen LogP contribution < -0.4 is 14.4 Å². The number of anilines is 1. The van der Waals surface area contributed by atoms with Gasteiger partial charge >= 0.3 is 0 Å². The molecule has 0 spiro atoms. The smallest absolute Gasteiger partial charge is 0.264 e. The molecule has 0 aliphatic carbocycles. The molecule has 8 nitrogen and oxygen atoms in total. The molecule has 1 N–H and O–H groups in total. The third kappa shape index (κ3) is 7.76. The fourth-order valence-electron chi connectivity index (χ4n) is 4.32. The van der Waals surface area contributed by atoms with Crippen molar-refractivity contribution in [1.29, 1.82) is 0 Å². The Hall–Kier alpha value is -4.63. The lowest BCUT2D eigenvalue weighted by Crippen LogP contribution is -2.52. The lowest BCUT2D eigenvalue weighted by molar-refractivity contribution is -0.139. The zero-order valence-electron chi connectivity index (χ0n) is 23.9. The molecule has 0 saturated heterocycles. The first kappa shape index (κ1) is 30.3. The van der Waals surface area contributed by atoms with Gasteiger partial charge in [0, 0.05) is 12.6 Å². The van der Waals surface area contributed by atoms with Gasteiger partial charge in [-0.05, 0) is 74.9 Å². The minimum Gasteiger partial charge on any atom is -0.457 e. The number of nitrogens with zero attached hydrogens (tertiary/aromatic N) is 2. The van der Waals surface area contributed by atoms with Crippen LogP contribution in [0.1, 0.15) is 26.3 Å². The molecule has 2 amide bonds. The molecule has 4 aromatic carbocycles. The van der Waals surface area contributed by atoms with Gasteiger partial charge in [-0.1, -0.05) is 66.7 Å². The Balaban J connectivity index is 1.68. The zero-order chi connectivity index (χ0) is 30.1. The molecule has 4 aromatic rings. The Morgan fingerprint density at radius 1 is 0.738 bits per heavy atom. The second kappa shape index (κ2) is 13.8. The van der Waals surface area contributed by atoms with Gasteiger partial charge in [0.25, 0.3) is 10.0 Å². The fraction of sp³-hybridized carbons (Fsp3) is 0.212. The number of sulfonamides is 1. The summed E-state index contributed by atoms with van der Waals surface area (Å²) in [5, 5.41) is 2.85. The third-order valence-corrected chi connectivity index (χ3v) is 8.30. The van der Waals surface area contributed by atoms with Crippen molar-refractivity contribution in [3.63, 3.8) is 0 Å². The van der Waals surface area contributed by atoms with Gasteiger partial charge in [-0.15, -0.1) is 0 Å². The lowest BCUT2D eigenvalue weighted by Gasteiger charge is -2.32. The Labute approximate surface area is 247 Å². The molecule has 4 rings (SSSR count). The lowest BCUT2D eigenvalue weighted by atomic mass is 10.1. The van der Waals surface area contributed by atoms with E-state index in [9.17, 15) is 18.0 Å². The summed E-state index contributed by atoms with van der Waals surface area (Å²) in [6, 6.07) is 32.0. The van der Waals surface area contributed by atoms with Gasteiger partial charge in [0.1, 0.15) is 24.1 Å². The van der Waals surface area contributed by atoms with Crippen molar-refractivity contribution < 1.29 is 22.7 Å². The molecule has 0 radical (unpaired) electrons. The Morgan fingerprint density at radius 3 is 1.83 bits per heavy atom. The molecule has 0 fully saturated rings. The highest BCUT2D eigenvalue weighted by atomic mass is 32.2. The van der Waals surface area contributed by atoms with Crippen LogP contribution in [-0.2, 0) is 26.2 Å². The summed E-state index contributed by atoms with van der Waals surface area (Å²) in [7, 11) is -4.15. The van der Waals surface area contributed by atoms with Crippen LogP contribution in [0.5, 0.6) is 11.5 Å². The zero-order valence-corrected chi connectivity index (χ0v) is 24.7. The summed E-state index contributed by atoms with van der Waals surface area (Å²) in [6.45, 7) is 4.95. The van der Waals surface area contributed by atoms with Crippen molar-refractivity contribution in [1.82, 2.24) is 10.2 Å². The van der Waals surface area contributed by atoms with E-state index in [1.54, 1.807) is 49.4 Å². The number of carbonyl (C=O) groups excluding carboxylic acids is 2. The molecule has 42 heavy (non-hydrogen) atoms. The summed E-state index contributed by atoms with van der Waals surface area (Å²) in [6.07, 6.45) is 0. The number of carbonyl (C=O) groups is 2. The Morgan fingerprint density at radius 2 is 1.26 bits per heavy atom. The van der Waals surface area contributed by atoms with E-state index in [1.165, 1.54) is 17.0 Å². The summed E-state index contributed by atoms with van der Waals surface area (Å²) >= 11 is 0. The van der Waals surface area contributed by atoms with Gasteiger partial charge in [0.2, 0.25) is 11.8 Å². The first-order valence-corrected chi connectivity index (χ1v) is 15.1. The SMILES string of the molecule is CC(C)NC(=O)[C@H](C)N(Cc1ccccc1)C(=O)CN(c1ccc(Oc2ccccc2)cc1)S(=O)(=O)c1ccccc1. The van der Waals surface area contributed by atoms with Crippen LogP contribution in [0.25, 0.3) is 0 Å². The normalized spacial score (nSPS) is 11.9. The van der Waals surface area contributed by atoms with Gasteiger partial charge in [0.05, 0.1) is 10.6 Å². The number of nitrogens with one attached hydrogen (secondary N) is 1. The monoisotopic (exact) mass is 585 g/mol. The molecule has 1 atom stereocenters. The number of benzene rings is 4. The minimum atomic E-state index is -4.15. The molecule has 0 bridgehead atoms. The molecule has 0 saturated carbocycles.